The summed E-state index contributed by atoms with van der Waals surface area (Å²) in [7, 11) is 1.92. The van der Waals surface area contributed by atoms with Crippen molar-refractivity contribution in [2.45, 2.75) is 26.4 Å². The molecule has 0 saturated carbocycles. The highest BCUT2D eigenvalue weighted by Gasteiger charge is 2.09. The van der Waals surface area contributed by atoms with Gasteiger partial charge in [0.1, 0.15) is 0 Å². The SMILES string of the molecule is CCc1nnc(CN(C)Cc2cccc(C(=O)O)c2)o1. The molecule has 1 aromatic carbocycles. The van der Waals surface area contributed by atoms with Crippen LogP contribution < -0.4 is 0 Å². The fraction of sp³-hybridized carbons (Fsp3) is 0.357. The fourth-order valence-electron chi connectivity index (χ4n) is 1.90. The Bertz CT molecular complexity index is 595. The lowest BCUT2D eigenvalue weighted by Gasteiger charge is -2.14. The number of nitrogens with zero attached hydrogens (tertiary/aromatic N) is 3. The van der Waals surface area contributed by atoms with E-state index >= 15 is 0 Å². The molecule has 6 heteroatoms. The second kappa shape index (κ2) is 6.29. The van der Waals surface area contributed by atoms with Crippen LogP contribution in [-0.4, -0.2) is 33.2 Å². The number of aromatic nitrogens is 2. The molecule has 2 rings (SSSR count). The molecule has 0 saturated heterocycles. The molecule has 1 N–H and O–H groups in total. The first-order chi connectivity index (χ1) is 9.58. The summed E-state index contributed by atoms with van der Waals surface area (Å²) in [5, 5.41) is 16.8. The first-order valence-corrected chi connectivity index (χ1v) is 6.40. The summed E-state index contributed by atoms with van der Waals surface area (Å²) in [6, 6.07) is 6.89. The maximum Gasteiger partial charge on any atom is 0.335 e. The zero-order chi connectivity index (χ0) is 14.5. The van der Waals surface area contributed by atoms with Crippen molar-refractivity contribution in [1.82, 2.24) is 15.1 Å². The summed E-state index contributed by atoms with van der Waals surface area (Å²) in [5.41, 5.74) is 1.23. The molecular formula is C14H17N3O3. The van der Waals surface area contributed by atoms with E-state index in [9.17, 15) is 4.79 Å². The zero-order valence-electron chi connectivity index (χ0n) is 11.5. The van der Waals surface area contributed by atoms with Crippen molar-refractivity contribution >= 4 is 5.97 Å². The molecule has 0 aliphatic rings. The van der Waals surface area contributed by atoms with Crippen molar-refractivity contribution in [3.8, 4) is 0 Å². The van der Waals surface area contributed by atoms with Crippen LogP contribution in [0, 0.1) is 0 Å². The van der Waals surface area contributed by atoms with Crippen LogP contribution in [0.1, 0.15) is 34.6 Å². The Kier molecular flexibility index (Phi) is 4.47. The van der Waals surface area contributed by atoms with Gasteiger partial charge in [-0.15, -0.1) is 10.2 Å². The molecule has 0 atom stereocenters. The molecule has 2 aromatic rings. The second-order valence-electron chi connectivity index (χ2n) is 4.62. The van der Waals surface area contributed by atoms with Gasteiger partial charge in [-0.1, -0.05) is 19.1 Å². The van der Waals surface area contributed by atoms with E-state index in [1.165, 1.54) is 0 Å². The molecule has 1 heterocycles. The van der Waals surface area contributed by atoms with E-state index in [0.29, 0.717) is 30.4 Å². The average Bonchev–Trinajstić information content (AvgIpc) is 2.86. The fourth-order valence-corrected chi connectivity index (χ4v) is 1.90. The largest absolute Gasteiger partial charge is 0.478 e. The predicted octanol–water partition coefficient (Wildman–Crippen LogP) is 1.96. The van der Waals surface area contributed by atoms with Crippen LogP contribution in [-0.2, 0) is 19.5 Å². The van der Waals surface area contributed by atoms with E-state index in [1.54, 1.807) is 18.2 Å². The number of aromatic carboxylic acids is 1. The van der Waals surface area contributed by atoms with Crippen LogP contribution in [0.15, 0.2) is 28.7 Å². The number of rotatable bonds is 6. The Morgan fingerprint density at radius 1 is 1.30 bits per heavy atom. The molecule has 20 heavy (non-hydrogen) atoms. The Hall–Kier alpha value is -2.21. The van der Waals surface area contributed by atoms with E-state index in [-0.39, 0.29) is 0 Å². The van der Waals surface area contributed by atoms with Gasteiger partial charge in [0.05, 0.1) is 12.1 Å². The van der Waals surface area contributed by atoms with Crippen LogP contribution in [0.25, 0.3) is 0 Å². The normalized spacial score (nSPS) is 10.9. The van der Waals surface area contributed by atoms with Crippen molar-refractivity contribution in [1.29, 1.82) is 0 Å². The monoisotopic (exact) mass is 275 g/mol. The van der Waals surface area contributed by atoms with E-state index in [4.69, 9.17) is 9.52 Å². The second-order valence-corrected chi connectivity index (χ2v) is 4.62. The van der Waals surface area contributed by atoms with Crippen LogP contribution in [0.3, 0.4) is 0 Å². The van der Waals surface area contributed by atoms with E-state index < -0.39 is 5.97 Å². The molecule has 0 radical (unpaired) electrons. The summed E-state index contributed by atoms with van der Waals surface area (Å²) in [4.78, 5) is 12.9. The highest BCUT2D eigenvalue weighted by atomic mass is 16.4. The van der Waals surface area contributed by atoms with Gasteiger partial charge in [0.2, 0.25) is 11.8 Å². The molecule has 0 amide bonds. The Morgan fingerprint density at radius 3 is 2.70 bits per heavy atom. The number of aryl methyl sites for hydroxylation is 1. The molecule has 1 aromatic heterocycles. The quantitative estimate of drug-likeness (QED) is 0.868. The standard InChI is InChI=1S/C14H17N3O3/c1-3-12-15-16-13(20-12)9-17(2)8-10-5-4-6-11(7-10)14(18)19/h4-7H,3,8-9H2,1-2H3,(H,18,19). The molecule has 0 fully saturated rings. The van der Waals surface area contributed by atoms with E-state index in [0.717, 1.165) is 12.0 Å². The minimum atomic E-state index is -0.918. The maximum absolute atomic E-state index is 10.9. The Labute approximate surface area is 117 Å². The van der Waals surface area contributed by atoms with Gasteiger partial charge in [-0.2, -0.15) is 0 Å². The minimum Gasteiger partial charge on any atom is -0.478 e. The van der Waals surface area contributed by atoms with Crippen LogP contribution in [0.2, 0.25) is 0 Å². The molecule has 6 nitrogen and oxygen atoms in total. The summed E-state index contributed by atoms with van der Waals surface area (Å²) in [6.07, 6.45) is 0.720. The summed E-state index contributed by atoms with van der Waals surface area (Å²) < 4.78 is 5.45. The molecular weight excluding hydrogens is 258 g/mol. The van der Waals surface area contributed by atoms with Crippen molar-refractivity contribution < 1.29 is 14.3 Å². The maximum atomic E-state index is 10.9. The highest BCUT2D eigenvalue weighted by molar-refractivity contribution is 5.87. The minimum absolute atomic E-state index is 0.293. The van der Waals surface area contributed by atoms with Gasteiger partial charge in [0.15, 0.2) is 0 Å². The Balaban J connectivity index is 1.98. The molecule has 0 bridgehead atoms. The van der Waals surface area contributed by atoms with E-state index in [2.05, 4.69) is 10.2 Å². The van der Waals surface area contributed by atoms with Gasteiger partial charge in [-0.3, -0.25) is 4.90 Å². The van der Waals surface area contributed by atoms with Gasteiger partial charge in [-0.05, 0) is 24.7 Å². The van der Waals surface area contributed by atoms with Crippen molar-refractivity contribution in [3.63, 3.8) is 0 Å². The number of carboxylic acid groups (broad SMARTS) is 1. The van der Waals surface area contributed by atoms with Gasteiger partial charge < -0.3 is 9.52 Å². The van der Waals surface area contributed by atoms with Gasteiger partial charge in [0, 0.05) is 13.0 Å². The first-order valence-electron chi connectivity index (χ1n) is 6.40. The molecule has 106 valence electrons. The van der Waals surface area contributed by atoms with E-state index in [1.807, 2.05) is 24.9 Å². The third kappa shape index (κ3) is 3.64. The molecule has 0 unspecified atom stereocenters. The van der Waals surface area contributed by atoms with Gasteiger partial charge in [-0.25, -0.2) is 4.79 Å². The van der Waals surface area contributed by atoms with Crippen LogP contribution in [0.4, 0.5) is 0 Å². The third-order valence-corrected chi connectivity index (χ3v) is 2.84. The van der Waals surface area contributed by atoms with Crippen LogP contribution in [0.5, 0.6) is 0 Å². The summed E-state index contributed by atoms with van der Waals surface area (Å²) in [5.74, 6) is 0.277. The summed E-state index contributed by atoms with van der Waals surface area (Å²) in [6.45, 7) is 3.10. The smallest absolute Gasteiger partial charge is 0.335 e. The molecule has 0 spiro atoms. The van der Waals surface area contributed by atoms with Gasteiger partial charge >= 0.3 is 5.97 Å². The number of carbonyl (C=O) groups is 1. The van der Waals surface area contributed by atoms with Crippen LogP contribution >= 0.6 is 0 Å². The number of benzene rings is 1. The molecule has 0 aliphatic carbocycles. The third-order valence-electron chi connectivity index (χ3n) is 2.84. The van der Waals surface area contributed by atoms with Crippen molar-refractivity contribution in [3.05, 3.63) is 47.2 Å². The lowest BCUT2D eigenvalue weighted by atomic mass is 10.1. The lowest BCUT2D eigenvalue weighted by Crippen LogP contribution is -2.17. The number of hydrogen-bond acceptors (Lipinski definition) is 5. The highest BCUT2D eigenvalue weighted by Crippen LogP contribution is 2.10. The molecule has 0 aliphatic heterocycles. The van der Waals surface area contributed by atoms with Crippen molar-refractivity contribution in [2.24, 2.45) is 0 Å². The first kappa shape index (κ1) is 14.2. The predicted molar refractivity (Wildman–Crippen MR) is 72.2 cm³/mol. The van der Waals surface area contributed by atoms with Gasteiger partial charge in [0.25, 0.3) is 0 Å². The summed E-state index contributed by atoms with van der Waals surface area (Å²) >= 11 is 0. The number of hydrogen-bond donors (Lipinski definition) is 1. The average molecular weight is 275 g/mol. The topological polar surface area (TPSA) is 79.5 Å². The Morgan fingerprint density at radius 2 is 2.05 bits per heavy atom. The number of carboxylic acids is 1. The zero-order valence-corrected chi connectivity index (χ0v) is 11.5. The van der Waals surface area contributed by atoms with Crippen molar-refractivity contribution in [2.75, 3.05) is 7.05 Å². The lowest BCUT2D eigenvalue weighted by molar-refractivity contribution is 0.0696.